The Hall–Kier alpha value is -2.71. The molecule has 0 saturated heterocycles. The lowest BCUT2D eigenvalue weighted by atomic mass is 10.1. The zero-order chi connectivity index (χ0) is 19.3. The van der Waals surface area contributed by atoms with Gasteiger partial charge in [0, 0.05) is 0 Å². The second-order valence-corrected chi connectivity index (χ2v) is 7.59. The molecule has 0 bridgehead atoms. The number of primary amides is 1. The van der Waals surface area contributed by atoms with Crippen molar-refractivity contribution in [3.05, 3.63) is 64.7 Å². The molecule has 3 N–H and O–H groups in total. The summed E-state index contributed by atoms with van der Waals surface area (Å²) in [4.78, 5) is 22.8. The SMILES string of the molecule is Cc1ccc(C)c(COC(=O)c2ccc(S(=O)(=O)NCC(N)=O)cc2)c1. The second kappa shape index (κ2) is 8.11. The minimum Gasteiger partial charge on any atom is -0.457 e. The van der Waals surface area contributed by atoms with Crippen molar-refractivity contribution in [2.45, 2.75) is 25.3 Å². The molecule has 2 rings (SSSR count). The third-order valence-electron chi connectivity index (χ3n) is 3.70. The van der Waals surface area contributed by atoms with Crippen LogP contribution in [0.25, 0.3) is 0 Å². The highest BCUT2D eigenvalue weighted by atomic mass is 32.2. The summed E-state index contributed by atoms with van der Waals surface area (Å²) in [7, 11) is -3.87. The van der Waals surface area contributed by atoms with Crippen LogP contribution in [0.5, 0.6) is 0 Å². The molecule has 26 heavy (non-hydrogen) atoms. The molecule has 0 aliphatic heterocycles. The molecule has 0 aliphatic carbocycles. The first-order valence-electron chi connectivity index (χ1n) is 7.80. The van der Waals surface area contributed by atoms with E-state index < -0.39 is 28.4 Å². The molecule has 0 atom stereocenters. The zero-order valence-electron chi connectivity index (χ0n) is 14.5. The highest BCUT2D eigenvalue weighted by molar-refractivity contribution is 7.89. The molecule has 2 aromatic carbocycles. The number of hydrogen-bond donors (Lipinski definition) is 2. The van der Waals surface area contributed by atoms with Crippen LogP contribution in [0.3, 0.4) is 0 Å². The van der Waals surface area contributed by atoms with Crippen molar-refractivity contribution in [1.29, 1.82) is 0 Å². The lowest BCUT2D eigenvalue weighted by molar-refractivity contribution is -0.116. The van der Waals surface area contributed by atoms with Crippen LogP contribution in [0.4, 0.5) is 0 Å². The number of carbonyl (C=O) groups excluding carboxylic acids is 2. The van der Waals surface area contributed by atoms with E-state index in [4.69, 9.17) is 10.5 Å². The molecule has 0 saturated carbocycles. The topological polar surface area (TPSA) is 116 Å². The molecule has 1 amide bonds. The van der Waals surface area contributed by atoms with E-state index in [9.17, 15) is 18.0 Å². The van der Waals surface area contributed by atoms with Crippen LogP contribution in [0.2, 0.25) is 0 Å². The number of carbonyl (C=O) groups is 2. The predicted molar refractivity (Wildman–Crippen MR) is 95.9 cm³/mol. The first kappa shape index (κ1) is 19.6. The van der Waals surface area contributed by atoms with E-state index >= 15 is 0 Å². The van der Waals surface area contributed by atoms with E-state index in [-0.39, 0.29) is 17.1 Å². The van der Waals surface area contributed by atoms with E-state index in [0.717, 1.165) is 16.7 Å². The smallest absolute Gasteiger partial charge is 0.338 e. The van der Waals surface area contributed by atoms with Crippen LogP contribution >= 0.6 is 0 Å². The number of ether oxygens (including phenoxy) is 1. The fourth-order valence-corrected chi connectivity index (χ4v) is 3.20. The third-order valence-corrected chi connectivity index (χ3v) is 5.12. The van der Waals surface area contributed by atoms with Crippen molar-refractivity contribution < 1.29 is 22.7 Å². The molecule has 0 unspecified atom stereocenters. The molecular formula is C18H20N2O5S. The molecular weight excluding hydrogens is 356 g/mol. The van der Waals surface area contributed by atoms with Gasteiger partial charge in [0.05, 0.1) is 17.0 Å². The maximum absolute atomic E-state index is 12.1. The van der Waals surface area contributed by atoms with Gasteiger partial charge in [-0.25, -0.2) is 17.9 Å². The Morgan fingerprint density at radius 1 is 1.08 bits per heavy atom. The molecule has 0 spiro atoms. The van der Waals surface area contributed by atoms with Gasteiger partial charge in [0.2, 0.25) is 15.9 Å². The monoisotopic (exact) mass is 376 g/mol. The van der Waals surface area contributed by atoms with Gasteiger partial charge in [0.1, 0.15) is 6.61 Å². The van der Waals surface area contributed by atoms with Crippen molar-refractivity contribution >= 4 is 21.9 Å². The molecule has 138 valence electrons. The maximum atomic E-state index is 12.1. The Bertz CT molecular complexity index is 921. The number of amides is 1. The van der Waals surface area contributed by atoms with Crippen LogP contribution in [0.15, 0.2) is 47.4 Å². The molecule has 0 radical (unpaired) electrons. The predicted octanol–water partition coefficient (Wildman–Crippen LogP) is 1.42. The van der Waals surface area contributed by atoms with E-state index in [1.807, 2.05) is 32.0 Å². The lowest BCUT2D eigenvalue weighted by Crippen LogP contribution is -2.33. The van der Waals surface area contributed by atoms with Gasteiger partial charge in [-0.2, -0.15) is 0 Å². The summed E-state index contributed by atoms with van der Waals surface area (Å²) in [5.41, 5.74) is 8.14. The van der Waals surface area contributed by atoms with E-state index in [2.05, 4.69) is 4.72 Å². The van der Waals surface area contributed by atoms with Gasteiger partial charge in [0.15, 0.2) is 0 Å². The molecule has 0 heterocycles. The van der Waals surface area contributed by atoms with Crippen molar-refractivity contribution in [3.63, 3.8) is 0 Å². The Kier molecular flexibility index (Phi) is 6.12. The van der Waals surface area contributed by atoms with E-state index in [0.29, 0.717) is 0 Å². The summed E-state index contributed by atoms with van der Waals surface area (Å²) in [6, 6.07) is 11.1. The van der Waals surface area contributed by atoms with Crippen molar-refractivity contribution in [1.82, 2.24) is 4.72 Å². The van der Waals surface area contributed by atoms with Crippen molar-refractivity contribution in [2.75, 3.05) is 6.54 Å². The summed E-state index contributed by atoms with van der Waals surface area (Å²) in [6.45, 7) is 3.52. The highest BCUT2D eigenvalue weighted by Crippen LogP contribution is 2.15. The quantitative estimate of drug-likeness (QED) is 0.709. The first-order valence-corrected chi connectivity index (χ1v) is 9.28. The van der Waals surface area contributed by atoms with Crippen LogP contribution in [0.1, 0.15) is 27.0 Å². The normalized spacial score (nSPS) is 11.2. The summed E-state index contributed by atoms with van der Waals surface area (Å²) < 4.78 is 31.3. The van der Waals surface area contributed by atoms with Crippen molar-refractivity contribution in [2.24, 2.45) is 5.73 Å². The molecule has 2 aromatic rings. The highest BCUT2D eigenvalue weighted by Gasteiger charge is 2.16. The first-order chi connectivity index (χ1) is 12.2. The number of sulfonamides is 1. The van der Waals surface area contributed by atoms with Gasteiger partial charge in [0.25, 0.3) is 0 Å². The van der Waals surface area contributed by atoms with Gasteiger partial charge < -0.3 is 10.5 Å². The number of benzene rings is 2. The zero-order valence-corrected chi connectivity index (χ0v) is 15.3. The molecule has 7 nitrogen and oxygen atoms in total. The maximum Gasteiger partial charge on any atom is 0.338 e. The van der Waals surface area contributed by atoms with Gasteiger partial charge in [-0.1, -0.05) is 23.8 Å². The third kappa shape index (κ3) is 5.14. The Balaban J connectivity index is 2.04. The fraction of sp³-hybridized carbons (Fsp3) is 0.222. The van der Waals surface area contributed by atoms with Gasteiger partial charge in [-0.05, 0) is 49.2 Å². The Labute approximate surface area is 152 Å². The van der Waals surface area contributed by atoms with Gasteiger partial charge in [-0.3, -0.25) is 4.79 Å². The van der Waals surface area contributed by atoms with Crippen molar-refractivity contribution in [3.8, 4) is 0 Å². The minimum atomic E-state index is -3.87. The summed E-state index contributed by atoms with van der Waals surface area (Å²) >= 11 is 0. The average Bonchev–Trinajstić information content (AvgIpc) is 2.60. The summed E-state index contributed by atoms with van der Waals surface area (Å²) in [5.74, 6) is -1.35. The molecule has 0 aromatic heterocycles. The lowest BCUT2D eigenvalue weighted by Gasteiger charge is -2.09. The van der Waals surface area contributed by atoms with Crippen LogP contribution in [0, 0.1) is 13.8 Å². The summed E-state index contributed by atoms with van der Waals surface area (Å²) in [6.07, 6.45) is 0. The Morgan fingerprint density at radius 3 is 2.35 bits per heavy atom. The minimum absolute atomic E-state index is 0.0789. The van der Waals surface area contributed by atoms with Crippen LogP contribution in [-0.4, -0.2) is 26.8 Å². The van der Waals surface area contributed by atoms with Crippen LogP contribution in [-0.2, 0) is 26.2 Å². The molecule has 0 fully saturated rings. The number of rotatable bonds is 7. The number of esters is 1. The second-order valence-electron chi connectivity index (χ2n) is 5.82. The molecule has 8 heteroatoms. The Morgan fingerprint density at radius 2 is 1.73 bits per heavy atom. The number of aryl methyl sites for hydroxylation is 2. The van der Waals surface area contributed by atoms with Gasteiger partial charge >= 0.3 is 5.97 Å². The van der Waals surface area contributed by atoms with Gasteiger partial charge in [-0.15, -0.1) is 0 Å². The molecule has 0 aliphatic rings. The number of nitrogens with two attached hydrogens (primary N) is 1. The van der Waals surface area contributed by atoms with Crippen LogP contribution < -0.4 is 10.5 Å². The largest absolute Gasteiger partial charge is 0.457 e. The fourth-order valence-electron chi connectivity index (χ4n) is 2.20. The van der Waals surface area contributed by atoms with E-state index in [1.165, 1.54) is 24.3 Å². The standard InChI is InChI=1S/C18H20N2O5S/c1-12-3-4-13(2)15(9-12)11-25-18(22)14-5-7-16(8-6-14)26(23,24)20-10-17(19)21/h3-9,20H,10-11H2,1-2H3,(H2,19,21). The number of nitrogens with one attached hydrogen (secondary N) is 1. The van der Waals surface area contributed by atoms with E-state index in [1.54, 1.807) is 0 Å². The summed E-state index contributed by atoms with van der Waals surface area (Å²) in [5, 5.41) is 0. The average molecular weight is 376 g/mol. The number of hydrogen-bond acceptors (Lipinski definition) is 5.